The van der Waals surface area contributed by atoms with Gasteiger partial charge in [0.25, 0.3) is 0 Å². The van der Waals surface area contributed by atoms with E-state index in [1.54, 1.807) is 6.07 Å². The molecule has 1 fully saturated rings. The number of rotatable bonds is 3. The van der Waals surface area contributed by atoms with Gasteiger partial charge in [0.15, 0.2) is 0 Å². The molecule has 3 rings (SSSR count). The summed E-state index contributed by atoms with van der Waals surface area (Å²) in [6, 6.07) is 5.63. The van der Waals surface area contributed by atoms with E-state index in [1.165, 1.54) is 12.0 Å². The number of hydrogen-bond donors (Lipinski definition) is 2. The molecule has 2 aliphatic carbocycles. The maximum atomic E-state index is 11.3. The lowest BCUT2D eigenvalue weighted by Crippen LogP contribution is -2.63. The average Bonchev–Trinajstić information content (AvgIpc) is 2.38. The van der Waals surface area contributed by atoms with E-state index in [2.05, 4.69) is 19.0 Å². The molecule has 3 nitrogen and oxygen atoms in total. The second-order valence-electron chi connectivity index (χ2n) is 6.93. The SMILES string of the molecule is CN(C)CC1(C2(O)CCCCC2)Cc2ccc(O)cc21. The van der Waals surface area contributed by atoms with E-state index in [9.17, 15) is 10.2 Å². The number of aliphatic hydroxyl groups is 1. The monoisotopic (exact) mass is 275 g/mol. The Bertz CT molecular complexity index is 506. The van der Waals surface area contributed by atoms with Crippen LogP contribution in [0.1, 0.15) is 43.2 Å². The van der Waals surface area contributed by atoms with E-state index in [1.807, 2.05) is 12.1 Å². The van der Waals surface area contributed by atoms with Crippen LogP contribution in [0.2, 0.25) is 0 Å². The predicted octanol–water partition coefficient (Wildman–Crippen LogP) is 2.44. The molecule has 0 saturated heterocycles. The molecular formula is C17H25NO2. The first-order chi connectivity index (χ1) is 9.47. The van der Waals surface area contributed by atoms with Crippen LogP contribution in [-0.2, 0) is 11.8 Å². The molecular weight excluding hydrogens is 250 g/mol. The second-order valence-corrected chi connectivity index (χ2v) is 6.93. The van der Waals surface area contributed by atoms with Gasteiger partial charge in [0.2, 0.25) is 0 Å². The number of likely N-dealkylation sites (N-methyl/N-ethyl adjacent to an activating group) is 1. The second kappa shape index (κ2) is 4.74. The molecule has 2 N–H and O–H groups in total. The Labute approximate surface area is 121 Å². The molecule has 1 unspecified atom stereocenters. The highest BCUT2D eigenvalue weighted by molar-refractivity contribution is 5.52. The molecule has 0 radical (unpaired) electrons. The Morgan fingerprint density at radius 1 is 1.15 bits per heavy atom. The van der Waals surface area contributed by atoms with Gasteiger partial charge in [0, 0.05) is 12.0 Å². The quantitative estimate of drug-likeness (QED) is 0.890. The average molecular weight is 275 g/mol. The van der Waals surface area contributed by atoms with Gasteiger partial charge in [-0.05, 0) is 56.6 Å². The van der Waals surface area contributed by atoms with Crippen molar-refractivity contribution in [3.05, 3.63) is 29.3 Å². The van der Waals surface area contributed by atoms with Crippen molar-refractivity contribution in [3.63, 3.8) is 0 Å². The van der Waals surface area contributed by atoms with Crippen LogP contribution < -0.4 is 0 Å². The summed E-state index contributed by atoms with van der Waals surface area (Å²) in [5.41, 5.74) is 1.63. The molecule has 2 aliphatic rings. The summed E-state index contributed by atoms with van der Waals surface area (Å²) in [7, 11) is 4.13. The molecule has 110 valence electrons. The molecule has 20 heavy (non-hydrogen) atoms. The smallest absolute Gasteiger partial charge is 0.115 e. The van der Waals surface area contributed by atoms with Gasteiger partial charge >= 0.3 is 0 Å². The van der Waals surface area contributed by atoms with Gasteiger partial charge in [0.05, 0.1) is 5.60 Å². The van der Waals surface area contributed by atoms with Crippen LogP contribution >= 0.6 is 0 Å². The third-order valence-electron chi connectivity index (χ3n) is 5.26. The van der Waals surface area contributed by atoms with Crippen LogP contribution in [0.25, 0.3) is 0 Å². The number of hydrogen-bond acceptors (Lipinski definition) is 3. The van der Waals surface area contributed by atoms with E-state index >= 15 is 0 Å². The summed E-state index contributed by atoms with van der Waals surface area (Å²) in [4.78, 5) is 2.17. The topological polar surface area (TPSA) is 43.7 Å². The molecule has 0 amide bonds. The van der Waals surface area contributed by atoms with Gasteiger partial charge in [0.1, 0.15) is 5.75 Å². The van der Waals surface area contributed by atoms with Crippen LogP contribution in [0.5, 0.6) is 5.75 Å². The Morgan fingerprint density at radius 2 is 1.85 bits per heavy atom. The zero-order chi connectivity index (χ0) is 14.4. The van der Waals surface area contributed by atoms with E-state index in [4.69, 9.17) is 0 Å². The van der Waals surface area contributed by atoms with Gasteiger partial charge in [-0.15, -0.1) is 0 Å². The fourth-order valence-corrected chi connectivity index (χ4v) is 4.34. The number of phenols is 1. The number of phenolic OH excluding ortho intramolecular Hbond substituents is 1. The van der Waals surface area contributed by atoms with E-state index in [-0.39, 0.29) is 5.41 Å². The zero-order valence-corrected chi connectivity index (χ0v) is 12.5. The third kappa shape index (κ3) is 1.95. The highest BCUT2D eigenvalue weighted by Gasteiger charge is 2.57. The van der Waals surface area contributed by atoms with Crippen LogP contribution in [0, 0.1) is 0 Å². The summed E-state index contributed by atoms with van der Waals surface area (Å²) in [6.07, 6.45) is 6.15. The summed E-state index contributed by atoms with van der Waals surface area (Å²) < 4.78 is 0. The van der Waals surface area contributed by atoms with E-state index in [0.717, 1.165) is 44.2 Å². The minimum absolute atomic E-state index is 0.203. The van der Waals surface area contributed by atoms with Gasteiger partial charge in [-0.25, -0.2) is 0 Å². The minimum atomic E-state index is -0.615. The predicted molar refractivity (Wildman–Crippen MR) is 80.1 cm³/mol. The van der Waals surface area contributed by atoms with Crippen LogP contribution in [0.4, 0.5) is 0 Å². The molecule has 1 atom stereocenters. The summed E-state index contributed by atoms with van der Waals surface area (Å²) in [6.45, 7) is 0.847. The van der Waals surface area contributed by atoms with Crippen LogP contribution in [-0.4, -0.2) is 41.4 Å². The lowest BCUT2D eigenvalue weighted by Gasteiger charge is -2.57. The number of fused-ring (bicyclic) bond motifs is 1. The first-order valence-electron chi connectivity index (χ1n) is 7.66. The van der Waals surface area contributed by atoms with Gasteiger partial charge < -0.3 is 15.1 Å². The lowest BCUT2D eigenvalue weighted by atomic mass is 9.52. The molecule has 0 aromatic heterocycles. The highest BCUT2D eigenvalue weighted by atomic mass is 16.3. The summed E-state index contributed by atoms with van der Waals surface area (Å²) in [5.74, 6) is 0.311. The number of benzene rings is 1. The molecule has 0 heterocycles. The fourth-order valence-electron chi connectivity index (χ4n) is 4.34. The van der Waals surface area contributed by atoms with Crippen molar-refractivity contribution in [1.29, 1.82) is 0 Å². The molecule has 0 spiro atoms. The van der Waals surface area contributed by atoms with Crippen LogP contribution in [0.3, 0.4) is 0 Å². The molecule has 1 aromatic carbocycles. The van der Waals surface area contributed by atoms with Crippen molar-refractivity contribution >= 4 is 0 Å². The van der Waals surface area contributed by atoms with Crippen molar-refractivity contribution < 1.29 is 10.2 Å². The van der Waals surface area contributed by atoms with Crippen molar-refractivity contribution in [1.82, 2.24) is 4.90 Å². The van der Waals surface area contributed by atoms with E-state index < -0.39 is 5.60 Å². The highest BCUT2D eigenvalue weighted by Crippen LogP contribution is 2.54. The Balaban J connectivity index is 2.03. The van der Waals surface area contributed by atoms with E-state index in [0.29, 0.717) is 5.75 Å². The number of aromatic hydroxyl groups is 1. The van der Waals surface area contributed by atoms with Crippen molar-refractivity contribution in [2.75, 3.05) is 20.6 Å². The summed E-state index contributed by atoms with van der Waals surface area (Å²) in [5, 5.41) is 21.1. The zero-order valence-electron chi connectivity index (χ0n) is 12.5. The Kier molecular flexibility index (Phi) is 3.30. The van der Waals surface area contributed by atoms with Crippen molar-refractivity contribution in [3.8, 4) is 5.75 Å². The summed E-state index contributed by atoms with van der Waals surface area (Å²) >= 11 is 0. The normalized spacial score (nSPS) is 28.0. The maximum Gasteiger partial charge on any atom is 0.115 e. The van der Waals surface area contributed by atoms with Crippen molar-refractivity contribution in [2.24, 2.45) is 0 Å². The minimum Gasteiger partial charge on any atom is -0.508 e. The fraction of sp³-hybridized carbons (Fsp3) is 0.647. The largest absolute Gasteiger partial charge is 0.508 e. The first kappa shape index (κ1) is 13.9. The lowest BCUT2D eigenvalue weighted by molar-refractivity contribution is -0.0870. The first-order valence-corrected chi connectivity index (χ1v) is 7.66. The molecule has 1 aromatic rings. The maximum absolute atomic E-state index is 11.3. The third-order valence-corrected chi connectivity index (χ3v) is 5.26. The standard InChI is InChI=1S/C17H25NO2/c1-18(2)12-16(17(20)8-4-3-5-9-17)11-13-6-7-14(19)10-15(13)16/h6-7,10,19-20H,3-5,8-9,11-12H2,1-2H3. The Morgan fingerprint density at radius 3 is 2.50 bits per heavy atom. The van der Waals surface area contributed by atoms with Gasteiger partial charge in [-0.2, -0.15) is 0 Å². The van der Waals surface area contributed by atoms with Gasteiger partial charge in [-0.1, -0.05) is 25.3 Å². The molecule has 0 bridgehead atoms. The Hall–Kier alpha value is -1.06. The molecule has 0 aliphatic heterocycles. The van der Waals surface area contributed by atoms with Crippen molar-refractivity contribution in [2.45, 2.75) is 49.5 Å². The molecule has 1 saturated carbocycles. The van der Waals surface area contributed by atoms with Gasteiger partial charge in [-0.3, -0.25) is 0 Å². The number of nitrogens with zero attached hydrogens (tertiary/aromatic N) is 1. The van der Waals surface area contributed by atoms with Crippen LogP contribution in [0.15, 0.2) is 18.2 Å². The molecule has 3 heteroatoms.